The molecule has 0 aliphatic heterocycles. The van der Waals surface area contributed by atoms with Crippen molar-refractivity contribution in [1.82, 2.24) is 15.0 Å². The fraction of sp³-hybridized carbons (Fsp3) is 0.231. The molecule has 2 aromatic heterocycles. The lowest BCUT2D eigenvalue weighted by Gasteiger charge is -1.94. The van der Waals surface area contributed by atoms with E-state index in [2.05, 4.69) is 10.3 Å². The summed E-state index contributed by atoms with van der Waals surface area (Å²) in [6.07, 6.45) is 1.90. The van der Waals surface area contributed by atoms with E-state index in [1.165, 1.54) is 0 Å². The van der Waals surface area contributed by atoms with Gasteiger partial charge in [-0.25, -0.2) is 0 Å². The Morgan fingerprint density at radius 1 is 1.33 bits per heavy atom. The number of benzene rings is 1. The van der Waals surface area contributed by atoms with Gasteiger partial charge < -0.3 is 10.2 Å². The van der Waals surface area contributed by atoms with Crippen LogP contribution in [0.3, 0.4) is 0 Å². The Kier molecular flexibility index (Phi) is 2.60. The molecular weight excluding hydrogens is 228 g/mol. The monoisotopic (exact) mass is 242 g/mol. The minimum absolute atomic E-state index is 0.550. The zero-order valence-electron chi connectivity index (χ0n) is 10.1. The molecule has 0 fully saturated rings. The molecule has 3 aromatic rings. The smallest absolute Gasteiger partial charge is 0.134 e. The van der Waals surface area contributed by atoms with Crippen molar-refractivity contribution < 1.29 is 4.42 Å². The van der Waals surface area contributed by atoms with Gasteiger partial charge in [-0.05, 0) is 13.0 Å². The van der Waals surface area contributed by atoms with E-state index in [9.17, 15) is 0 Å². The van der Waals surface area contributed by atoms with Gasteiger partial charge in [0, 0.05) is 11.9 Å². The van der Waals surface area contributed by atoms with Crippen molar-refractivity contribution in [2.75, 3.05) is 6.54 Å². The fourth-order valence-corrected chi connectivity index (χ4v) is 2.14. The molecule has 0 radical (unpaired) electrons. The molecule has 0 unspecified atom stereocenters. The summed E-state index contributed by atoms with van der Waals surface area (Å²) in [7, 11) is 0. The number of para-hydroxylation sites is 1. The molecule has 0 atom stereocenters. The number of aryl methyl sites for hydroxylation is 1. The first-order valence-corrected chi connectivity index (χ1v) is 5.88. The summed E-state index contributed by atoms with van der Waals surface area (Å²) in [5, 5.41) is 9.31. The van der Waals surface area contributed by atoms with Crippen LogP contribution in [0.5, 0.6) is 0 Å². The summed E-state index contributed by atoms with van der Waals surface area (Å²) < 4.78 is 7.47. The largest absolute Gasteiger partial charge is 0.461 e. The maximum Gasteiger partial charge on any atom is 0.134 e. The summed E-state index contributed by atoms with van der Waals surface area (Å²) in [4.78, 5) is 0. The summed E-state index contributed by atoms with van der Waals surface area (Å²) in [5.74, 6) is 0.857. The number of rotatable bonds is 3. The minimum atomic E-state index is 0.550. The third-order valence-electron chi connectivity index (χ3n) is 2.92. The van der Waals surface area contributed by atoms with Gasteiger partial charge in [0.1, 0.15) is 17.0 Å². The van der Waals surface area contributed by atoms with Crippen LogP contribution < -0.4 is 5.73 Å². The second kappa shape index (κ2) is 4.27. The highest BCUT2D eigenvalue weighted by Gasteiger charge is 2.15. The first-order chi connectivity index (χ1) is 8.79. The van der Waals surface area contributed by atoms with Crippen LogP contribution in [0.2, 0.25) is 0 Å². The lowest BCUT2D eigenvalue weighted by atomic mass is 10.1. The van der Waals surface area contributed by atoms with Crippen LogP contribution in [-0.4, -0.2) is 21.5 Å². The summed E-state index contributed by atoms with van der Waals surface area (Å²) in [6, 6.07) is 7.94. The SMILES string of the molecule is Cc1oc2ccccc2c1-c1cn(CCN)nn1. The average Bonchev–Trinajstić information content (AvgIpc) is 2.92. The first kappa shape index (κ1) is 11.0. The molecule has 0 amide bonds. The molecule has 0 aliphatic carbocycles. The topological polar surface area (TPSA) is 69.9 Å². The van der Waals surface area contributed by atoms with Gasteiger partial charge in [0.25, 0.3) is 0 Å². The fourth-order valence-electron chi connectivity index (χ4n) is 2.14. The molecular formula is C13H14N4O. The Bertz CT molecular complexity index is 683. The van der Waals surface area contributed by atoms with E-state index in [0.29, 0.717) is 13.1 Å². The van der Waals surface area contributed by atoms with Crippen molar-refractivity contribution in [3.63, 3.8) is 0 Å². The zero-order chi connectivity index (χ0) is 12.5. The number of nitrogens with two attached hydrogens (primary N) is 1. The Morgan fingerprint density at radius 2 is 2.17 bits per heavy atom. The standard InChI is InChI=1S/C13H14N4O/c1-9-13(10-4-2-3-5-12(10)18-9)11-8-17(7-6-14)16-15-11/h2-5,8H,6-7,14H2,1H3. The quantitative estimate of drug-likeness (QED) is 0.762. The van der Waals surface area contributed by atoms with Crippen molar-refractivity contribution in [3.05, 3.63) is 36.2 Å². The van der Waals surface area contributed by atoms with Gasteiger partial charge in [-0.1, -0.05) is 23.4 Å². The normalized spacial score (nSPS) is 11.2. The number of fused-ring (bicyclic) bond motifs is 1. The van der Waals surface area contributed by atoms with Gasteiger partial charge >= 0.3 is 0 Å². The maximum atomic E-state index is 5.72. The van der Waals surface area contributed by atoms with Crippen LogP contribution in [0.4, 0.5) is 0 Å². The van der Waals surface area contributed by atoms with Crippen molar-refractivity contribution in [2.45, 2.75) is 13.5 Å². The van der Waals surface area contributed by atoms with Gasteiger partial charge in [0.15, 0.2) is 0 Å². The summed E-state index contributed by atoms with van der Waals surface area (Å²) >= 11 is 0. The van der Waals surface area contributed by atoms with Gasteiger partial charge in [0.05, 0.1) is 18.3 Å². The molecule has 0 bridgehead atoms. The lowest BCUT2D eigenvalue weighted by molar-refractivity contribution is 0.580. The Balaban J connectivity index is 2.15. The molecule has 2 heterocycles. The highest BCUT2D eigenvalue weighted by Crippen LogP contribution is 2.32. The van der Waals surface area contributed by atoms with Crippen LogP contribution in [-0.2, 0) is 6.54 Å². The number of nitrogens with zero attached hydrogens (tertiary/aromatic N) is 3. The number of furan rings is 1. The molecule has 0 saturated carbocycles. The second-order valence-corrected chi connectivity index (χ2v) is 4.18. The summed E-state index contributed by atoms with van der Waals surface area (Å²) in [6.45, 7) is 3.16. The molecule has 92 valence electrons. The number of hydrogen-bond acceptors (Lipinski definition) is 4. The molecule has 5 nitrogen and oxygen atoms in total. The van der Waals surface area contributed by atoms with Crippen LogP contribution in [0, 0.1) is 6.92 Å². The van der Waals surface area contributed by atoms with E-state index in [4.69, 9.17) is 10.2 Å². The zero-order valence-corrected chi connectivity index (χ0v) is 10.1. The third-order valence-corrected chi connectivity index (χ3v) is 2.92. The van der Waals surface area contributed by atoms with Gasteiger partial charge in [-0.3, -0.25) is 4.68 Å². The molecule has 5 heteroatoms. The van der Waals surface area contributed by atoms with Crippen molar-refractivity contribution in [2.24, 2.45) is 5.73 Å². The lowest BCUT2D eigenvalue weighted by Crippen LogP contribution is -2.10. The Morgan fingerprint density at radius 3 is 3.00 bits per heavy atom. The molecule has 1 aromatic carbocycles. The van der Waals surface area contributed by atoms with Crippen molar-refractivity contribution in [1.29, 1.82) is 0 Å². The van der Waals surface area contributed by atoms with Crippen LogP contribution in [0.15, 0.2) is 34.9 Å². The van der Waals surface area contributed by atoms with Crippen molar-refractivity contribution in [3.8, 4) is 11.3 Å². The van der Waals surface area contributed by atoms with E-state index < -0.39 is 0 Å². The highest BCUT2D eigenvalue weighted by atomic mass is 16.3. The highest BCUT2D eigenvalue weighted by molar-refractivity contribution is 5.94. The molecule has 0 saturated heterocycles. The third kappa shape index (κ3) is 1.69. The van der Waals surface area contributed by atoms with E-state index >= 15 is 0 Å². The van der Waals surface area contributed by atoms with Gasteiger partial charge in [-0.15, -0.1) is 5.10 Å². The van der Waals surface area contributed by atoms with Crippen LogP contribution in [0.1, 0.15) is 5.76 Å². The predicted molar refractivity (Wildman–Crippen MR) is 69.0 cm³/mol. The predicted octanol–water partition coefficient (Wildman–Crippen LogP) is 1.96. The Hall–Kier alpha value is -2.14. The number of hydrogen-bond donors (Lipinski definition) is 1. The second-order valence-electron chi connectivity index (χ2n) is 4.18. The van der Waals surface area contributed by atoms with E-state index in [-0.39, 0.29) is 0 Å². The van der Waals surface area contributed by atoms with Crippen molar-refractivity contribution >= 4 is 11.0 Å². The van der Waals surface area contributed by atoms with E-state index in [1.807, 2.05) is 37.4 Å². The molecule has 18 heavy (non-hydrogen) atoms. The van der Waals surface area contributed by atoms with E-state index in [0.717, 1.165) is 28.0 Å². The molecule has 2 N–H and O–H groups in total. The van der Waals surface area contributed by atoms with Gasteiger partial charge in [-0.2, -0.15) is 0 Å². The molecule has 0 spiro atoms. The van der Waals surface area contributed by atoms with Gasteiger partial charge in [0.2, 0.25) is 0 Å². The van der Waals surface area contributed by atoms with E-state index in [1.54, 1.807) is 4.68 Å². The Labute approximate surface area is 104 Å². The van der Waals surface area contributed by atoms with Crippen LogP contribution >= 0.6 is 0 Å². The first-order valence-electron chi connectivity index (χ1n) is 5.88. The van der Waals surface area contributed by atoms with Crippen LogP contribution in [0.25, 0.3) is 22.2 Å². The summed E-state index contributed by atoms with van der Waals surface area (Å²) in [5.41, 5.74) is 8.21. The average molecular weight is 242 g/mol. The molecule has 0 aliphatic rings. The maximum absolute atomic E-state index is 5.72. The minimum Gasteiger partial charge on any atom is -0.461 e. The number of aromatic nitrogens is 3. The molecule has 3 rings (SSSR count).